The number of Topliss-reactive ketones (excluding diaryl/α,β-unsaturated/α-hetero) is 2. The van der Waals surface area contributed by atoms with Crippen LogP contribution in [-0.2, 0) is 25.0 Å². The Morgan fingerprint density at radius 2 is 1.60 bits per heavy atom. The van der Waals surface area contributed by atoms with Crippen LogP contribution in [0.2, 0.25) is 0 Å². The number of nitrogens with zero attached hydrogens (tertiary/aromatic N) is 2. The van der Waals surface area contributed by atoms with E-state index < -0.39 is 5.41 Å². The lowest BCUT2D eigenvalue weighted by atomic mass is 9.71. The van der Waals surface area contributed by atoms with Crippen molar-refractivity contribution in [2.45, 2.75) is 45.8 Å². The van der Waals surface area contributed by atoms with Crippen molar-refractivity contribution < 1.29 is 14.3 Å². The minimum atomic E-state index is -1.36. The zero-order chi connectivity index (χ0) is 27.9. The van der Waals surface area contributed by atoms with Crippen LogP contribution in [0, 0.1) is 12.8 Å². The molecule has 2 aromatic heterocycles. The Hall–Kier alpha value is -4.51. The minimum Gasteiger partial charge on any atom is -0.489 e. The quantitative estimate of drug-likeness (QED) is 0.201. The van der Waals surface area contributed by atoms with Gasteiger partial charge in [0.15, 0.2) is 11.6 Å². The molecule has 5 aromatic rings. The molecule has 0 radical (unpaired) electrons. The molecule has 1 aliphatic rings. The van der Waals surface area contributed by atoms with E-state index in [2.05, 4.69) is 48.7 Å². The molecule has 0 saturated carbocycles. The van der Waals surface area contributed by atoms with Crippen LogP contribution in [0.3, 0.4) is 0 Å². The van der Waals surface area contributed by atoms with Gasteiger partial charge in [-0.05, 0) is 77.9 Å². The van der Waals surface area contributed by atoms with Gasteiger partial charge in [-0.3, -0.25) is 14.6 Å². The van der Waals surface area contributed by atoms with E-state index >= 15 is 0 Å². The first-order valence-electron chi connectivity index (χ1n) is 13.8. The molecule has 1 atom stereocenters. The lowest BCUT2D eigenvalue weighted by Gasteiger charge is -2.27. The number of carbonyl (C=O) groups excluding carboxylic acids is 2. The summed E-state index contributed by atoms with van der Waals surface area (Å²) in [6, 6.07) is 25.0. The van der Waals surface area contributed by atoms with E-state index in [1.807, 2.05) is 48.5 Å². The molecule has 6 rings (SSSR count). The summed E-state index contributed by atoms with van der Waals surface area (Å²) in [5.74, 6) is 0.669. The van der Waals surface area contributed by atoms with Crippen molar-refractivity contribution in [1.29, 1.82) is 0 Å². The highest BCUT2D eigenvalue weighted by Gasteiger charge is 2.54. The largest absolute Gasteiger partial charge is 0.489 e. The number of fused-ring (bicyclic) bond motifs is 2. The van der Waals surface area contributed by atoms with Crippen molar-refractivity contribution in [2.24, 2.45) is 5.92 Å². The Morgan fingerprint density at radius 3 is 2.35 bits per heavy atom. The van der Waals surface area contributed by atoms with Crippen molar-refractivity contribution in [1.82, 2.24) is 9.55 Å². The van der Waals surface area contributed by atoms with Gasteiger partial charge in [-0.25, -0.2) is 0 Å². The zero-order valence-electron chi connectivity index (χ0n) is 23.1. The fourth-order valence-electron chi connectivity index (χ4n) is 5.92. The first kappa shape index (κ1) is 25.8. The second-order valence-electron chi connectivity index (χ2n) is 11.2. The molecule has 0 amide bonds. The Bertz CT molecular complexity index is 1720. The van der Waals surface area contributed by atoms with Crippen LogP contribution in [0.1, 0.15) is 56.8 Å². The summed E-state index contributed by atoms with van der Waals surface area (Å²) in [5.41, 5.74) is 4.36. The van der Waals surface area contributed by atoms with E-state index in [0.29, 0.717) is 29.4 Å². The van der Waals surface area contributed by atoms with Gasteiger partial charge in [-0.1, -0.05) is 56.3 Å². The average molecular weight is 529 g/mol. The molecule has 0 N–H and O–H groups in total. The summed E-state index contributed by atoms with van der Waals surface area (Å²) < 4.78 is 8.27. The molecule has 40 heavy (non-hydrogen) atoms. The molecule has 3 aromatic carbocycles. The number of pyridine rings is 1. The molecule has 5 nitrogen and oxygen atoms in total. The number of benzene rings is 3. The molecule has 0 saturated heterocycles. The summed E-state index contributed by atoms with van der Waals surface area (Å²) in [4.78, 5) is 33.0. The van der Waals surface area contributed by atoms with Crippen molar-refractivity contribution in [3.05, 3.63) is 131 Å². The normalized spacial score (nSPS) is 16.6. The zero-order valence-corrected chi connectivity index (χ0v) is 23.1. The van der Waals surface area contributed by atoms with E-state index in [1.54, 1.807) is 30.6 Å². The van der Waals surface area contributed by atoms with Gasteiger partial charge in [0.25, 0.3) is 0 Å². The summed E-state index contributed by atoms with van der Waals surface area (Å²) in [6.07, 6.45) is 5.83. The molecular formula is C35H32N2O3. The molecule has 0 aliphatic heterocycles. The number of carbonyl (C=O) groups is 2. The maximum absolute atomic E-state index is 14.5. The molecule has 200 valence electrons. The molecule has 0 fully saturated rings. The van der Waals surface area contributed by atoms with E-state index in [0.717, 1.165) is 34.1 Å². The molecule has 1 aliphatic carbocycles. The van der Waals surface area contributed by atoms with Crippen LogP contribution < -0.4 is 4.74 Å². The van der Waals surface area contributed by atoms with Crippen molar-refractivity contribution in [2.75, 3.05) is 0 Å². The summed E-state index contributed by atoms with van der Waals surface area (Å²) in [5, 5.41) is 1.13. The summed E-state index contributed by atoms with van der Waals surface area (Å²) >= 11 is 0. The third kappa shape index (κ3) is 4.41. The topological polar surface area (TPSA) is 61.2 Å². The molecule has 2 heterocycles. The van der Waals surface area contributed by atoms with Gasteiger partial charge in [0.1, 0.15) is 17.8 Å². The SMILES string of the molecule is Cc1cn(CC(C)C)c2cc(C3(Cc4ccncc4)C(=O)c4ccc(OCc5ccccc5)cc4C3=O)ccc12. The Kier molecular flexibility index (Phi) is 6.59. The van der Waals surface area contributed by atoms with E-state index in [4.69, 9.17) is 4.74 Å². The third-order valence-electron chi connectivity index (χ3n) is 7.86. The maximum atomic E-state index is 14.5. The van der Waals surface area contributed by atoms with Crippen LogP contribution in [0.15, 0.2) is 97.5 Å². The molecule has 5 heteroatoms. The maximum Gasteiger partial charge on any atom is 0.182 e. The smallest absolute Gasteiger partial charge is 0.182 e. The van der Waals surface area contributed by atoms with E-state index in [1.165, 1.54) is 5.56 Å². The van der Waals surface area contributed by atoms with Crippen LogP contribution in [0.5, 0.6) is 5.75 Å². The second-order valence-corrected chi connectivity index (χ2v) is 11.2. The van der Waals surface area contributed by atoms with Crippen molar-refractivity contribution in [3.8, 4) is 5.75 Å². The van der Waals surface area contributed by atoms with E-state index in [-0.39, 0.29) is 18.0 Å². The Morgan fingerprint density at radius 1 is 0.850 bits per heavy atom. The Balaban J connectivity index is 1.45. The van der Waals surface area contributed by atoms with Gasteiger partial charge in [0.05, 0.1) is 0 Å². The minimum absolute atomic E-state index is 0.169. The summed E-state index contributed by atoms with van der Waals surface area (Å²) in [6.45, 7) is 7.72. The van der Waals surface area contributed by atoms with Crippen molar-refractivity contribution >= 4 is 22.5 Å². The molecular weight excluding hydrogens is 496 g/mol. The number of aromatic nitrogens is 2. The fraction of sp³-hybridized carbons (Fsp3) is 0.229. The van der Waals surface area contributed by atoms with Gasteiger partial charge in [-0.2, -0.15) is 0 Å². The van der Waals surface area contributed by atoms with Gasteiger partial charge < -0.3 is 9.30 Å². The second kappa shape index (κ2) is 10.2. The molecule has 0 spiro atoms. The monoisotopic (exact) mass is 528 g/mol. The predicted octanol–water partition coefficient (Wildman–Crippen LogP) is 7.14. The number of hydrogen-bond donors (Lipinski definition) is 0. The van der Waals surface area contributed by atoms with Gasteiger partial charge in [-0.15, -0.1) is 0 Å². The van der Waals surface area contributed by atoms with Gasteiger partial charge in [0, 0.05) is 47.2 Å². The highest BCUT2D eigenvalue weighted by Crippen LogP contribution is 2.44. The third-order valence-corrected chi connectivity index (χ3v) is 7.86. The average Bonchev–Trinajstić information content (AvgIpc) is 3.38. The summed E-state index contributed by atoms with van der Waals surface area (Å²) in [7, 11) is 0. The van der Waals surface area contributed by atoms with Gasteiger partial charge in [0.2, 0.25) is 0 Å². The number of ketones is 2. The first-order valence-corrected chi connectivity index (χ1v) is 13.8. The van der Waals surface area contributed by atoms with E-state index in [9.17, 15) is 9.59 Å². The van der Waals surface area contributed by atoms with Crippen LogP contribution >= 0.6 is 0 Å². The Labute approximate surface area is 234 Å². The highest BCUT2D eigenvalue weighted by molar-refractivity contribution is 6.33. The van der Waals surface area contributed by atoms with Crippen LogP contribution in [-0.4, -0.2) is 21.1 Å². The lowest BCUT2D eigenvalue weighted by Crippen LogP contribution is -2.40. The number of aryl methyl sites for hydroxylation is 1. The predicted molar refractivity (Wildman–Crippen MR) is 157 cm³/mol. The lowest BCUT2D eigenvalue weighted by molar-refractivity contribution is 0.0793. The first-order chi connectivity index (χ1) is 19.4. The van der Waals surface area contributed by atoms with Crippen LogP contribution in [0.4, 0.5) is 0 Å². The number of ether oxygens (including phenoxy) is 1. The molecule has 0 bridgehead atoms. The number of hydrogen-bond acceptors (Lipinski definition) is 4. The number of rotatable bonds is 8. The van der Waals surface area contributed by atoms with Crippen molar-refractivity contribution in [3.63, 3.8) is 0 Å². The molecule has 1 unspecified atom stereocenters. The van der Waals surface area contributed by atoms with Gasteiger partial charge >= 0.3 is 0 Å². The standard InChI is InChI=1S/C35H32N2O3/c1-23(2)20-37-21-24(3)29-11-9-27(17-32(29)37)35(19-25-13-15-36-16-14-25)33(38)30-12-10-28(18-31(30)34(35)39)40-22-26-7-5-4-6-8-26/h4-18,21,23H,19-20,22H2,1-3H3. The highest BCUT2D eigenvalue weighted by atomic mass is 16.5. The fourth-order valence-corrected chi connectivity index (χ4v) is 5.92. The van der Waals surface area contributed by atoms with Crippen LogP contribution in [0.25, 0.3) is 10.9 Å².